The molecule has 0 fully saturated rings. The Labute approximate surface area is 99.5 Å². The Hall–Kier alpha value is -1.62. The molecule has 0 radical (unpaired) electrons. The molecule has 0 aliphatic heterocycles. The molecule has 0 saturated heterocycles. The van der Waals surface area contributed by atoms with Gasteiger partial charge in [-0.25, -0.2) is 4.39 Å². The van der Waals surface area contributed by atoms with Crippen molar-refractivity contribution in [3.8, 4) is 5.75 Å². The van der Waals surface area contributed by atoms with Crippen LogP contribution < -0.4 is 10.5 Å². The number of benzene rings is 1. The van der Waals surface area contributed by atoms with E-state index >= 15 is 0 Å². The SMILES string of the molecule is COC(=O)CC(CN)c1ccc(F)c(OC)c1. The van der Waals surface area contributed by atoms with Crippen LogP contribution in [0.1, 0.15) is 17.9 Å². The molecule has 1 atom stereocenters. The van der Waals surface area contributed by atoms with E-state index in [0.29, 0.717) is 0 Å². The van der Waals surface area contributed by atoms with E-state index < -0.39 is 5.82 Å². The van der Waals surface area contributed by atoms with E-state index in [-0.39, 0.29) is 30.6 Å². The summed E-state index contributed by atoms with van der Waals surface area (Å²) in [6, 6.07) is 4.45. The lowest BCUT2D eigenvalue weighted by Crippen LogP contribution is -2.17. The second kappa shape index (κ2) is 6.20. The van der Waals surface area contributed by atoms with Crippen molar-refractivity contribution in [2.75, 3.05) is 20.8 Å². The molecule has 5 heteroatoms. The summed E-state index contributed by atoms with van der Waals surface area (Å²) in [6.07, 6.45) is 0.168. The second-order valence-corrected chi connectivity index (χ2v) is 3.61. The van der Waals surface area contributed by atoms with Gasteiger partial charge in [-0.1, -0.05) is 6.07 Å². The van der Waals surface area contributed by atoms with Crippen molar-refractivity contribution in [2.24, 2.45) is 5.73 Å². The van der Waals surface area contributed by atoms with Crippen molar-refractivity contribution in [2.45, 2.75) is 12.3 Å². The van der Waals surface area contributed by atoms with Gasteiger partial charge >= 0.3 is 5.97 Å². The third-order valence-electron chi connectivity index (χ3n) is 2.57. The van der Waals surface area contributed by atoms with Crippen molar-refractivity contribution in [3.05, 3.63) is 29.6 Å². The lowest BCUT2D eigenvalue weighted by molar-refractivity contribution is -0.141. The van der Waals surface area contributed by atoms with Crippen LogP contribution in [0, 0.1) is 5.82 Å². The monoisotopic (exact) mass is 241 g/mol. The van der Waals surface area contributed by atoms with Crippen molar-refractivity contribution in [1.82, 2.24) is 0 Å². The van der Waals surface area contributed by atoms with Gasteiger partial charge < -0.3 is 15.2 Å². The first kappa shape index (κ1) is 13.4. The number of halogens is 1. The molecule has 0 amide bonds. The molecule has 94 valence electrons. The standard InChI is InChI=1S/C12H16FNO3/c1-16-11-5-8(3-4-10(11)13)9(7-14)6-12(15)17-2/h3-5,9H,6-7,14H2,1-2H3. The molecule has 4 nitrogen and oxygen atoms in total. The molecule has 1 unspecified atom stereocenters. The smallest absolute Gasteiger partial charge is 0.306 e. The highest BCUT2D eigenvalue weighted by Crippen LogP contribution is 2.25. The molecule has 0 saturated carbocycles. The summed E-state index contributed by atoms with van der Waals surface area (Å²) in [4.78, 5) is 11.2. The van der Waals surface area contributed by atoms with E-state index in [1.54, 1.807) is 12.1 Å². The van der Waals surface area contributed by atoms with Gasteiger partial charge in [-0.05, 0) is 24.2 Å². The topological polar surface area (TPSA) is 61.5 Å². The van der Waals surface area contributed by atoms with Gasteiger partial charge in [-0.15, -0.1) is 0 Å². The molecule has 0 aromatic heterocycles. The molecule has 0 bridgehead atoms. The number of ether oxygens (including phenoxy) is 2. The van der Waals surface area contributed by atoms with Crippen LogP contribution in [-0.4, -0.2) is 26.7 Å². The van der Waals surface area contributed by atoms with E-state index in [1.807, 2.05) is 0 Å². The molecular formula is C12H16FNO3. The van der Waals surface area contributed by atoms with Gasteiger partial charge in [-0.3, -0.25) is 4.79 Å². The van der Waals surface area contributed by atoms with E-state index in [0.717, 1.165) is 5.56 Å². The zero-order valence-electron chi connectivity index (χ0n) is 9.90. The third-order valence-corrected chi connectivity index (χ3v) is 2.57. The van der Waals surface area contributed by atoms with Crippen molar-refractivity contribution >= 4 is 5.97 Å². The van der Waals surface area contributed by atoms with Gasteiger partial charge in [0.15, 0.2) is 11.6 Å². The molecular weight excluding hydrogens is 225 g/mol. The highest BCUT2D eigenvalue weighted by molar-refractivity contribution is 5.70. The fourth-order valence-corrected chi connectivity index (χ4v) is 1.55. The van der Waals surface area contributed by atoms with Crippen LogP contribution in [-0.2, 0) is 9.53 Å². The number of hydrogen-bond donors (Lipinski definition) is 1. The Morgan fingerprint density at radius 1 is 1.47 bits per heavy atom. The number of nitrogens with two attached hydrogens (primary N) is 1. The molecule has 0 heterocycles. The Kier molecular flexibility index (Phi) is 4.90. The van der Waals surface area contributed by atoms with Crippen LogP contribution in [0.25, 0.3) is 0 Å². The number of carbonyl (C=O) groups is 1. The molecule has 1 rings (SSSR count). The number of hydrogen-bond acceptors (Lipinski definition) is 4. The summed E-state index contributed by atoms with van der Waals surface area (Å²) in [5, 5.41) is 0. The number of rotatable bonds is 5. The summed E-state index contributed by atoms with van der Waals surface area (Å²) in [5.74, 6) is -0.836. The molecule has 1 aromatic carbocycles. The molecule has 17 heavy (non-hydrogen) atoms. The normalized spacial score (nSPS) is 12.0. The lowest BCUT2D eigenvalue weighted by Gasteiger charge is -2.15. The molecule has 2 N–H and O–H groups in total. The minimum absolute atomic E-state index is 0.144. The lowest BCUT2D eigenvalue weighted by atomic mass is 9.95. The maximum absolute atomic E-state index is 13.2. The molecule has 0 aliphatic rings. The maximum atomic E-state index is 13.2. The van der Waals surface area contributed by atoms with Crippen molar-refractivity contribution in [1.29, 1.82) is 0 Å². The predicted octanol–water partition coefficient (Wildman–Crippen LogP) is 1.44. The maximum Gasteiger partial charge on any atom is 0.306 e. The average molecular weight is 241 g/mol. The van der Waals surface area contributed by atoms with Crippen molar-refractivity contribution in [3.63, 3.8) is 0 Å². The van der Waals surface area contributed by atoms with Gasteiger partial charge in [0.05, 0.1) is 20.6 Å². The molecule has 0 spiro atoms. The minimum atomic E-state index is -0.440. The second-order valence-electron chi connectivity index (χ2n) is 3.61. The van der Waals surface area contributed by atoms with Crippen LogP contribution in [0.4, 0.5) is 4.39 Å². The molecule has 0 aliphatic carbocycles. The number of carbonyl (C=O) groups excluding carboxylic acids is 1. The Morgan fingerprint density at radius 2 is 2.18 bits per heavy atom. The Bertz CT molecular complexity index is 395. The quantitative estimate of drug-likeness (QED) is 0.792. The summed E-state index contributed by atoms with van der Waals surface area (Å²) in [6.45, 7) is 0.282. The van der Waals surface area contributed by atoms with Crippen LogP contribution in [0.3, 0.4) is 0 Å². The highest BCUT2D eigenvalue weighted by Gasteiger charge is 2.16. The van der Waals surface area contributed by atoms with Crippen molar-refractivity contribution < 1.29 is 18.7 Å². The van der Waals surface area contributed by atoms with Gasteiger partial charge in [-0.2, -0.15) is 0 Å². The Balaban J connectivity index is 2.91. The minimum Gasteiger partial charge on any atom is -0.494 e. The highest BCUT2D eigenvalue weighted by atomic mass is 19.1. The first-order chi connectivity index (χ1) is 8.12. The van der Waals surface area contributed by atoms with E-state index in [9.17, 15) is 9.18 Å². The summed E-state index contributed by atoms with van der Waals surface area (Å²) >= 11 is 0. The van der Waals surface area contributed by atoms with Crippen LogP contribution >= 0.6 is 0 Å². The van der Waals surface area contributed by atoms with Gasteiger partial charge in [0, 0.05) is 5.92 Å². The summed E-state index contributed by atoms with van der Waals surface area (Å²) in [7, 11) is 2.71. The number of methoxy groups -OCH3 is 2. The fraction of sp³-hybridized carbons (Fsp3) is 0.417. The Morgan fingerprint density at radius 3 is 2.71 bits per heavy atom. The first-order valence-electron chi connectivity index (χ1n) is 5.22. The number of esters is 1. The van der Waals surface area contributed by atoms with Gasteiger partial charge in [0.2, 0.25) is 0 Å². The zero-order valence-corrected chi connectivity index (χ0v) is 9.90. The fourth-order valence-electron chi connectivity index (χ4n) is 1.55. The molecule has 1 aromatic rings. The van der Waals surface area contributed by atoms with Crippen LogP contribution in [0.2, 0.25) is 0 Å². The summed E-state index contributed by atoms with van der Waals surface area (Å²) in [5.41, 5.74) is 6.36. The largest absolute Gasteiger partial charge is 0.494 e. The third kappa shape index (κ3) is 3.42. The zero-order chi connectivity index (χ0) is 12.8. The van der Waals surface area contributed by atoms with E-state index in [1.165, 1.54) is 20.3 Å². The van der Waals surface area contributed by atoms with Crippen LogP contribution in [0.5, 0.6) is 5.75 Å². The first-order valence-corrected chi connectivity index (χ1v) is 5.22. The van der Waals surface area contributed by atoms with Gasteiger partial charge in [0.25, 0.3) is 0 Å². The summed E-state index contributed by atoms with van der Waals surface area (Å²) < 4.78 is 22.7. The van der Waals surface area contributed by atoms with Crippen LogP contribution in [0.15, 0.2) is 18.2 Å². The van der Waals surface area contributed by atoms with E-state index in [2.05, 4.69) is 4.74 Å². The predicted molar refractivity (Wildman–Crippen MR) is 61.4 cm³/mol. The van der Waals surface area contributed by atoms with E-state index in [4.69, 9.17) is 10.5 Å². The van der Waals surface area contributed by atoms with Gasteiger partial charge in [0.1, 0.15) is 0 Å². The average Bonchev–Trinajstić information content (AvgIpc) is 2.36.